The van der Waals surface area contributed by atoms with Crippen molar-refractivity contribution >= 4 is 11.6 Å². The summed E-state index contributed by atoms with van der Waals surface area (Å²) in [4.78, 5) is 5.19. The van der Waals surface area contributed by atoms with Gasteiger partial charge >= 0.3 is 0 Å². The first-order valence-electron chi connectivity index (χ1n) is 4.90. The van der Waals surface area contributed by atoms with Crippen molar-refractivity contribution in [2.75, 3.05) is 6.61 Å². The fourth-order valence-corrected chi connectivity index (χ4v) is 1.39. The zero-order chi connectivity index (χ0) is 10.4. The van der Waals surface area contributed by atoms with Crippen LogP contribution in [0.4, 0.5) is 0 Å². The fourth-order valence-electron chi connectivity index (χ4n) is 1.27. The third kappa shape index (κ3) is 3.29. The first-order chi connectivity index (χ1) is 6.77. The van der Waals surface area contributed by atoms with Gasteiger partial charge in [-0.1, -0.05) is 30.7 Å². The molecule has 0 bridgehead atoms. The molecule has 2 nitrogen and oxygen atoms in total. The van der Waals surface area contributed by atoms with Crippen molar-refractivity contribution in [1.82, 2.24) is 5.48 Å². The zero-order valence-electron chi connectivity index (χ0n) is 8.59. The van der Waals surface area contributed by atoms with Gasteiger partial charge in [-0.2, -0.15) is 5.48 Å². The molecular formula is C11H16ClNO. The Morgan fingerprint density at radius 3 is 2.43 bits per heavy atom. The van der Waals surface area contributed by atoms with Crippen LogP contribution in [0.2, 0.25) is 5.02 Å². The molecule has 0 radical (unpaired) electrons. The molecule has 1 N–H and O–H groups in total. The number of halogens is 1. The molecule has 1 aromatic carbocycles. The SMILES string of the molecule is CCONC(CC)c1ccc(Cl)cc1. The van der Waals surface area contributed by atoms with Crippen LogP contribution in [0, 0.1) is 0 Å². The number of hydroxylamine groups is 1. The lowest BCUT2D eigenvalue weighted by atomic mass is 10.1. The lowest BCUT2D eigenvalue weighted by molar-refractivity contribution is 0.0230. The Balaban J connectivity index is 2.64. The molecule has 0 aliphatic rings. The second-order valence-electron chi connectivity index (χ2n) is 3.06. The van der Waals surface area contributed by atoms with E-state index in [9.17, 15) is 0 Å². The highest BCUT2D eigenvalue weighted by Gasteiger charge is 2.07. The molecule has 0 saturated heterocycles. The first-order valence-corrected chi connectivity index (χ1v) is 5.28. The maximum atomic E-state index is 5.81. The van der Waals surface area contributed by atoms with Crippen molar-refractivity contribution in [3.05, 3.63) is 34.9 Å². The molecule has 78 valence electrons. The lowest BCUT2D eigenvalue weighted by Crippen LogP contribution is -2.20. The van der Waals surface area contributed by atoms with E-state index in [1.807, 2.05) is 31.2 Å². The van der Waals surface area contributed by atoms with Gasteiger partial charge < -0.3 is 4.84 Å². The molecule has 0 fully saturated rings. The van der Waals surface area contributed by atoms with Crippen LogP contribution in [0.25, 0.3) is 0 Å². The maximum absolute atomic E-state index is 5.81. The molecule has 0 amide bonds. The average Bonchev–Trinajstić information content (AvgIpc) is 2.21. The maximum Gasteiger partial charge on any atom is 0.0654 e. The third-order valence-electron chi connectivity index (χ3n) is 2.05. The van der Waals surface area contributed by atoms with Crippen molar-refractivity contribution in [3.8, 4) is 0 Å². The quantitative estimate of drug-likeness (QED) is 0.758. The Morgan fingerprint density at radius 2 is 1.93 bits per heavy atom. The molecule has 0 saturated carbocycles. The molecule has 1 unspecified atom stereocenters. The molecule has 0 spiro atoms. The number of rotatable bonds is 5. The largest absolute Gasteiger partial charge is 0.302 e. The van der Waals surface area contributed by atoms with E-state index in [-0.39, 0.29) is 6.04 Å². The number of nitrogens with one attached hydrogen (secondary N) is 1. The summed E-state index contributed by atoms with van der Waals surface area (Å²) < 4.78 is 0. The van der Waals surface area contributed by atoms with Crippen LogP contribution in [0.15, 0.2) is 24.3 Å². The molecule has 1 atom stereocenters. The van der Waals surface area contributed by atoms with Gasteiger partial charge in [0.05, 0.1) is 12.6 Å². The zero-order valence-corrected chi connectivity index (χ0v) is 9.34. The van der Waals surface area contributed by atoms with Crippen LogP contribution in [-0.4, -0.2) is 6.61 Å². The highest BCUT2D eigenvalue weighted by molar-refractivity contribution is 6.30. The van der Waals surface area contributed by atoms with Gasteiger partial charge in [0.1, 0.15) is 0 Å². The van der Waals surface area contributed by atoms with Crippen LogP contribution in [0.5, 0.6) is 0 Å². The van der Waals surface area contributed by atoms with Gasteiger partial charge in [0, 0.05) is 5.02 Å². The Labute approximate surface area is 90.2 Å². The minimum atomic E-state index is 0.243. The summed E-state index contributed by atoms with van der Waals surface area (Å²) in [6.07, 6.45) is 0.988. The molecular weight excluding hydrogens is 198 g/mol. The van der Waals surface area contributed by atoms with Crippen molar-refractivity contribution < 1.29 is 4.84 Å². The highest BCUT2D eigenvalue weighted by Crippen LogP contribution is 2.18. The van der Waals surface area contributed by atoms with E-state index in [1.54, 1.807) is 0 Å². The topological polar surface area (TPSA) is 21.3 Å². The van der Waals surface area contributed by atoms with E-state index < -0.39 is 0 Å². The minimum absolute atomic E-state index is 0.243. The highest BCUT2D eigenvalue weighted by atomic mass is 35.5. The van der Waals surface area contributed by atoms with E-state index >= 15 is 0 Å². The molecule has 1 rings (SSSR count). The van der Waals surface area contributed by atoms with Crippen LogP contribution < -0.4 is 5.48 Å². The van der Waals surface area contributed by atoms with E-state index in [2.05, 4.69) is 12.4 Å². The second kappa shape index (κ2) is 6.02. The van der Waals surface area contributed by atoms with E-state index in [4.69, 9.17) is 16.4 Å². The smallest absolute Gasteiger partial charge is 0.0654 e. The van der Waals surface area contributed by atoms with Gasteiger partial charge in [0.2, 0.25) is 0 Å². The van der Waals surface area contributed by atoms with E-state index in [1.165, 1.54) is 5.56 Å². The Kier molecular flexibility index (Phi) is 4.94. The predicted octanol–water partition coefficient (Wildman–Crippen LogP) is 3.33. The lowest BCUT2D eigenvalue weighted by Gasteiger charge is -2.16. The third-order valence-corrected chi connectivity index (χ3v) is 2.30. The molecule has 0 aliphatic heterocycles. The van der Waals surface area contributed by atoms with Gasteiger partial charge in [-0.15, -0.1) is 0 Å². The summed E-state index contributed by atoms with van der Waals surface area (Å²) in [6.45, 7) is 4.75. The summed E-state index contributed by atoms with van der Waals surface area (Å²) in [7, 11) is 0. The Bertz CT molecular complexity index is 260. The Morgan fingerprint density at radius 1 is 1.29 bits per heavy atom. The second-order valence-corrected chi connectivity index (χ2v) is 3.50. The monoisotopic (exact) mass is 213 g/mol. The average molecular weight is 214 g/mol. The molecule has 0 aromatic heterocycles. The fraction of sp³-hybridized carbons (Fsp3) is 0.455. The van der Waals surface area contributed by atoms with Crippen molar-refractivity contribution in [1.29, 1.82) is 0 Å². The molecule has 0 aliphatic carbocycles. The van der Waals surface area contributed by atoms with Crippen LogP contribution in [0.1, 0.15) is 31.9 Å². The van der Waals surface area contributed by atoms with E-state index in [0.29, 0.717) is 6.61 Å². The number of benzene rings is 1. The van der Waals surface area contributed by atoms with Gasteiger partial charge in [-0.05, 0) is 31.0 Å². The van der Waals surface area contributed by atoms with Crippen LogP contribution in [-0.2, 0) is 4.84 Å². The van der Waals surface area contributed by atoms with Crippen LogP contribution in [0.3, 0.4) is 0 Å². The predicted molar refractivity (Wildman–Crippen MR) is 59.2 cm³/mol. The van der Waals surface area contributed by atoms with Crippen molar-refractivity contribution in [3.63, 3.8) is 0 Å². The van der Waals surface area contributed by atoms with Crippen molar-refractivity contribution in [2.24, 2.45) is 0 Å². The summed E-state index contributed by atoms with van der Waals surface area (Å²) in [5.41, 5.74) is 4.21. The summed E-state index contributed by atoms with van der Waals surface area (Å²) >= 11 is 5.81. The van der Waals surface area contributed by atoms with Gasteiger partial charge in [-0.3, -0.25) is 0 Å². The van der Waals surface area contributed by atoms with Gasteiger partial charge in [0.25, 0.3) is 0 Å². The van der Waals surface area contributed by atoms with Gasteiger partial charge in [0.15, 0.2) is 0 Å². The summed E-state index contributed by atoms with van der Waals surface area (Å²) in [5.74, 6) is 0. The first kappa shape index (κ1) is 11.5. The molecule has 1 aromatic rings. The number of hydrogen-bond acceptors (Lipinski definition) is 2. The van der Waals surface area contributed by atoms with Crippen LogP contribution >= 0.6 is 11.6 Å². The standard InChI is InChI=1S/C11H16ClNO/c1-3-11(13-14-4-2)9-5-7-10(12)8-6-9/h5-8,11,13H,3-4H2,1-2H3. The Hall–Kier alpha value is -0.570. The molecule has 14 heavy (non-hydrogen) atoms. The van der Waals surface area contributed by atoms with E-state index in [0.717, 1.165) is 11.4 Å². The summed E-state index contributed by atoms with van der Waals surface area (Å²) in [5, 5.41) is 0.764. The summed E-state index contributed by atoms with van der Waals surface area (Å²) in [6, 6.07) is 8.07. The number of hydrogen-bond donors (Lipinski definition) is 1. The molecule has 0 heterocycles. The van der Waals surface area contributed by atoms with Gasteiger partial charge in [-0.25, -0.2) is 0 Å². The molecule has 3 heteroatoms. The van der Waals surface area contributed by atoms with Crippen molar-refractivity contribution in [2.45, 2.75) is 26.3 Å². The normalized spacial score (nSPS) is 12.8. The minimum Gasteiger partial charge on any atom is -0.302 e.